The summed E-state index contributed by atoms with van der Waals surface area (Å²) in [5.41, 5.74) is 9.73. The van der Waals surface area contributed by atoms with E-state index in [1.54, 1.807) is 0 Å². The third-order valence-electron chi connectivity index (χ3n) is 2.97. The molecule has 1 aromatic rings. The van der Waals surface area contributed by atoms with Crippen LogP contribution in [0.15, 0.2) is 12.1 Å². The molecule has 0 aliphatic heterocycles. The van der Waals surface area contributed by atoms with Gasteiger partial charge in [-0.1, -0.05) is 12.1 Å². The first kappa shape index (κ1) is 12.9. The van der Waals surface area contributed by atoms with E-state index in [4.69, 9.17) is 5.73 Å². The molecule has 0 fully saturated rings. The van der Waals surface area contributed by atoms with Gasteiger partial charge in [-0.15, -0.1) is 0 Å². The van der Waals surface area contributed by atoms with Gasteiger partial charge in [0.05, 0.1) is 0 Å². The molecule has 0 unspecified atom stereocenters. The zero-order valence-electron chi connectivity index (χ0n) is 10.8. The van der Waals surface area contributed by atoms with Gasteiger partial charge in [0.1, 0.15) is 0 Å². The summed E-state index contributed by atoms with van der Waals surface area (Å²) in [4.78, 5) is 12.1. The van der Waals surface area contributed by atoms with Gasteiger partial charge < -0.3 is 5.73 Å². The fourth-order valence-electron chi connectivity index (χ4n) is 1.77. The largest absolute Gasteiger partial charge is 0.325 e. The van der Waals surface area contributed by atoms with E-state index in [2.05, 4.69) is 13.8 Å². The van der Waals surface area contributed by atoms with Crippen molar-refractivity contribution in [2.45, 2.75) is 46.6 Å². The molecule has 1 rings (SSSR count). The lowest BCUT2D eigenvalue weighted by molar-refractivity contribution is 0.0959. The van der Waals surface area contributed by atoms with Gasteiger partial charge >= 0.3 is 0 Å². The fraction of sp³-hybridized carbons (Fsp3) is 0.500. The van der Waals surface area contributed by atoms with Crippen molar-refractivity contribution in [3.8, 4) is 0 Å². The molecule has 2 heteroatoms. The molecule has 0 atom stereocenters. The fourth-order valence-corrected chi connectivity index (χ4v) is 1.77. The number of hydrogen-bond acceptors (Lipinski definition) is 2. The molecule has 0 aliphatic rings. The molecule has 2 nitrogen and oxygen atoms in total. The zero-order chi connectivity index (χ0) is 12.5. The van der Waals surface area contributed by atoms with Crippen molar-refractivity contribution >= 4 is 5.78 Å². The van der Waals surface area contributed by atoms with E-state index in [1.165, 1.54) is 11.1 Å². The monoisotopic (exact) mass is 219 g/mol. The summed E-state index contributed by atoms with van der Waals surface area (Å²) >= 11 is 0. The van der Waals surface area contributed by atoms with Crippen LogP contribution in [0.5, 0.6) is 0 Å². The standard InChI is InChI=1S/C14H21NO/c1-9-6-7-12(11(3)10(9)2)13(16)8-14(4,5)15/h6-7H,8,15H2,1-5H3. The molecule has 0 bridgehead atoms. The van der Waals surface area contributed by atoms with Crippen molar-refractivity contribution < 1.29 is 4.79 Å². The minimum Gasteiger partial charge on any atom is -0.325 e. The van der Waals surface area contributed by atoms with E-state index >= 15 is 0 Å². The maximum Gasteiger partial charge on any atom is 0.164 e. The van der Waals surface area contributed by atoms with Gasteiger partial charge in [-0.3, -0.25) is 4.79 Å². The van der Waals surface area contributed by atoms with Crippen LogP contribution in [0.1, 0.15) is 47.3 Å². The first-order valence-electron chi connectivity index (χ1n) is 5.61. The second kappa shape index (κ2) is 4.38. The van der Waals surface area contributed by atoms with E-state index in [1.807, 2.05) is 32.9 Å². The molecule has 0 saturated heterocycles. The van der Waals surface area contributed by atoms with Gasteiger partial charge in [-0.25, -0.2) is 0 Å². The second-order valence-corrected chi connectivity index (χ2v) is 5.27. The molecule has 0 spiro atoms. The van der Waals surface area contributed by atoms with Crippen LogP contribution in [-0.4, -0.2) is 11.3 Å². The first-order valence-corrected chi connectivity index (χ1v) is 5.61. The van der Waals surface area contributed by atoms with Crippen molar-refractivity contribution in [1.82, 2.24) is 0 Å². The number of aryl methyl sites for hydroxylation is 1. The Balaban J connectivity index is 3.06. The van der Waals surface area contributed by atoms with Crippen molar-refractivity contribution in [2.75, 3.05) is 0 Å². The molecule has 0 heterocycles. The molecule has 0 saturated carbocycles. The molecular weight excluding hydrogens is 198 g/mol. The van der Waals surface area contributed by atoms with Crippen LogP contribution in [0.4, 0.5) is 0 Å². The van der Waals surface area contributed by atoms with Gasteiger partial charge in [0.25, 0.3) is 0 Å². The first-order chi connectivity index (χ1) is 7.22. The third-order valence-corrected chi connectivity index (χ3v) is 2.97. The number of ketones is 1. The van der Waals surface area contributed by atoms with Crippen LogP contribution < -0.4 is 5.73 Å². The third kappa shape index (κ3) is 2.92. The molecular formula is C14H21NO. The van der Waals surface area contributed by atoms with Crippen LogP contribution >= 0.6 is 0 Å². The summed E-state index contributed by atoms with van der Waals surface area (Å²) in [6.07, 6.45) is 0.385. The van der Waals surface area contributed by atoms with Crippen molar-refractivity contribution in [3.05, 3.63) is 34.4 Å². The van der Waals surface area contributed by atoms with Gasteiger partial charge in [-0.2, -0.15) is 0 Å². The lowest BCUT2D eigenvalue weighted by Crippen LogP contribution is -2.34. The van der Waals surface area contributed by atoms with Gasteiger partial charge in [0.15, 0.2) is 5.78 Å². The smallest absolute Gasteiger partial charge is 0.164 e. The van der Waals surface area contributed by atoms with E-state index in [9.17, 15) is 4.79 Å². The topological polar surface area (TPSA) is 43.1 Å². The molecule has 0 amide bonds. The van der Waals surface area contributed by atoms with Crippen LogP contribution in [0.2, 0.25) is 0 Å². The van der Waals surface area contributed by atoms with E-state index in [0.29, 0.717) is 6.42 Å². The summed E-state index contributed by atoms with van der Waals surface area (Å²) < 4.78 is 0. The zero-order valence-corrected chi connectivity index (χ0v) is 10.8. The highest BCUT2D eigenvalue weighted by Crippen LogP contribution is 2.20. The Hall–Kier alpha value is -1.15. The molecule has 0 radical (unpaired) electrons. The van der Waals surface area contributed by atoms with Crippen LogP contribution in [0.25, 0.3) is 0 Å². The van der Waals surface area contributed by atoms with Crippen molar-refractivity contribution in [3.63, 3.8) is 0 Å². The number of carbonyl (C=O) groups excluding carboxylic acids is 1. The van der Waals surface area contributed by atoms with Gasteiger partial charge in [-0.05, 0) is 51.3 Å². The highest BCUT2D eigenvalue weighted by molar-refractivity contribution is 5.98. The van der Waals surface area contributed by atoms with E-state index in [0.717, 1.165) is 11.1 Å². The van der Waals surface area contributed by atoms with Crippen LogP contribution in [-0.2, 0) is 0 Å². The number of benzene rings is 1. The molecule has 2 N–H and O–H groups in total. The lowest BCUT2D eigenvalue weighted by atomic mass is 9.90. The Kier molecular flexibility index (Phi) is 3.54. The SMILES string of the molecule is Cc1ccc(C(=O)CC(C)(C)N)c(C)c1C. The number of nitrogens with two attached hydrogens (primary N) is 1. The van der Waals surface area contributed by atoms with Gasteiger partial charge in [0, 0.05) is 17.5 Å². The summed E-state index contributed by atoms with van der Waals surface area (Å²) in [5, 5.41) is 0. The minimum atomic E-state index is -0.442. The lowest BCUT2D eigenvalue weighted by Gasteiger charge is -2.18. The number of hydrogen-bond donors (Lipinski definition) is 1. The maximum absolute atomic E-state index is 12.1. The molecule has 88 valence electrons. The Labute approximate surface area is 97.9 Å². The Bertz CT molecular complexity index is 413. The Morgan fingerprint density at radius 3 is 2.25 bits per heavy atom. The Morgan fingerprint density at radius 1 is 1.19 bits per heavy atom. The molecule has 1 aromatic carbocycles. The minimum absolute atomic E-state index is 0.133. The average Bonchev–Trinajstić information content (AvgIpc) is 2.11. The van der Waals surface area contributed by atoms with Crippen molar-refractivity contribution in [1.29, 1.82) is 0 Å². The predicted molar refractivity (Wildman–Crippen MR) is 67.9 cm³/mol. The summed E-state index contributed by atoms with van der Waals surface area (Å²) in [6.45, 7) is 9.86. The van der Waals surface area contributed by atoms with Crippen LogP contribution in [0.3, 0.4) is 0 Å². The van der Waals surface area contributed by atoms with Crippen LogP contribution in [0, 0.1) is 20.8 Å². The molecule has 0 aliphatic carbocycles. The summed E-state index contributed by atoms with van der Waals surface area (Å²) in [6, 6.07) is 3.91. The number of Topliss-reactive ketones (excluding diaryl/α,β-unsaturated/α-hetero) is 1. The summed E-state index contributed by atoms with van der Waals surface area (Å²) in [5.74, 6) is 0.133. The normalized spacial score (nSPS) is 11.6. The van der Waals surface area contributed by atoms with Crippen molar-refractivity contribution in [2.24, 2.45) is 5.73 Å². The highest BCUT2D eigenvalue weighted by Gasteiger charge is 2.19. The molecule has 16 heavy (non-hydrogen) atoms. The average molecular weight is 219 g/mol. The molecule has 0 aromatic heterocycles. The van der Waals surface area contributed by atoms with Gasteiger partial charge in [0.2, 0.25) is 0 Å². The quantitative estimate of drug-likeness (QED) is 0.794. The second-order valence-electron chi connectivity index (χ2n) is 5.27. The van der Waals surface area contributed by atoms with E-state index in [-0.39, 0.29) is 5.78 Å². The van der Waals surface area contributed by atoms with E-state index < -0.39 is 5.54 Å². The highest BCUT2D eigenvalue weighted by atomic mass is 16.1. The summed E-state index contributed by atoms with van der Waals surface area (Å²) in [7, 11) is 0. The predicted octanol–water partition coefficient (Wildman–Crippen LogP) is 2.92. The number of carbonyl (C=O) groups is 1. The maximum atomic E-state index is 12.1. The number of rotatable bonds is 3. The Morgan fingerprint density at radius 2 is 1.75 bits per heavy atom.